The molecule has 0 atom stereocenters. The lowest BCUT2D eigenvalue weighted by Gasteiger charge is -2.06. The predicted molar refractivity (Wildman–Crippen MR) is 59.8 cm³/mol. The van der Waals surface area contributed by atoms with Crippen LogP contribution in [-0.2, 0) is 4.79 Å². The number of nitrogens with one attached hydrogen (secondary N) is 1. The molecular formula is C8H7Cl2NO2S. The van der Waals surface area contributed by atoms with Crippen molar-refractivity contribution in [2.24, 2.45) is 0 Å². The third-order valence-corrected chi connectivity index (χ3v) is 2.80. The average molecular weight is 252 g/mol. The molecular weight excluding hydrogens is 245 g/mol. The summed E-state index contributed by atoms with van der Waals surface area (Å²) in [6.07, 6.45) is 0. The number of aliphatic carboxylic acids is 1. The fourth-order valence-corrected chi connectivity index (χ4v) is 1.46. The van der Waals surface area contributed by atoms with Crippen molar-refractivity contribution in [1.29, 1.82) is 0 Å². The van der Waals surface area contributed by atoms with Gasteiger partial charge in [-0.3, -0.25) is 4.79 Å². The highest BCUT2D eigenvalue weighted by molar-refractivity contribution is 7.80. The van der Waals surface area contributed by atoms with Crippen LogP contribution in [0.1, 0.15) is 0 Å². The lowest BCUT2D eigenvalue weighted by molar-refractivity contribution is -0.134. The number of carbonyl (C=O) groups is 1. The van der Waals surface area contributed by atoms with Gasteiger partial charge in [0, 0.05) is 10.6 Å². The number of carboxylic acids is 1. The van der Waals surface area contributed by atoms with Gasteiger partial charge in [-0.2, -0.15) is 0 Å². The number of rotatable bonds is 3. The number of thiol groups is 1. The molecule has 2 N–H and O–H groups in total. The Hall–Kier alpha value is -0.580. The van der Waals surface area contributed by atoms with E-state index in [1.54, 1.807) is 12.1 Å². The molecule has 0 saturated heterocycles. The largest absolute Gasteiger partial charge is 0.480 e. The van der Waals surface area contributed by atoms with Crippen LogP contribution in [0, 0.1) is 0 Å². The van der Waals surface area contributed by atoms with Crippen molar-refractivity contribution >= 4 is 47.5 Å². The van der Waals surface area contributed by atoms with Gasteiger partial charge in [0.25, 0.3) is 0 Å². The SMILES string of the molecule is O=C(O)CNc1cc(Cl)c(S)c(Cl)c1. The zero-order chi connectivity index (χ0) is 10.7. The molecule has 0 fully saturated rings. The van der Waals surface area contributed by atoms with Crippen LogP contribution >= 0.6 is 35.8 Å². The molecule has 0 heterocycles. The molecule has 0 bridgehead atoms. The summed E-state index contributed by atoms with van der Waals surface area (Å²) in [5.74, 6) is -0.952. The van der Waals surface area contributed by atoms with Crippen molar-refractivity contribution in [1.82, 2.24) is 0 Å². The molecule has 0 unspecified atom stereocenters. The van der Waals surface area contributed by atoms with Crippen LogP contribution in [0.2, 0.25) is 10.0 Å². The quantitative estimate of drug-likeness (QED) is 0.725. The van der Waals surface area contributed by atoms with Gasteiger partial charge in [-0.1, -0.05) is 23.2 Å². The first-order chi connectivity index (χ1) is 6.50. The van der Waals surface area contributed by atoms with Crippen LogP contribution < -0.4 is 5.32 Å². The second kappa shape index (κ2) is 4.77. The highest BCUT2D eigenvalue weighted by Crippen LogP contribution is 2.31. The Morgan fingerprint density at radius 3 is 2.36 bits per heavy atom. The Kier molecular flexibility index (Phi) is 3.92. The molecule has 6 heteroatoms. The minimum atomic E-state index is -0.952. The van der Waals surface area contributed by atoms with Gasteiger partial charge in [0.15, 0.2) is 0 Å². The number of carboxylic acid groups (broad SMARTS) is 1. The van der Waals surface area contributed by atoms with Crippen LogP contribution in [0.5, 0.6) is 0 Å². The first-order valence-corrected chi connectivity index (χ1v) is 4.84. The van der Waals surface area contributed by atoms with E-state index >= 15 is 0 Å². The summed E-state index contributed by atoms with van der Waals surface area (Å²) in [6.45, 7) is -0.182. The number of hydrogen-bond donors (Lipinski definition) is 3. The topological polar surface area (TPSA) is 49.3 Å². The molecule has 0 aliphatic heterocycles. The van der Waals surface area contributed by atoms with Gasteiger partial charge in [0.2, 0.25) is 0 Å². The predicted octanol–water partition coefficient (Wildman–Crippen LogP) is 2.78. The second-order valence-corrected chi connectivity index (χ2v) is 3.80. The van der Waals surface area contributed by atoms with E-state index in [0.29, 0.717) is 20.6 Å². The number of benzene rings is 1. The first-order valence-electron chi connectivity index (χ1n) is 3.64. The first kappa shape index (κ1) is 11.5. The van der Waals surface area contributed by atoms with Crippen LogP contribution in [0.25, 0.3) is 0 Å². The zero-order valence-corrected chi connectivity index (χ0v) is 9.33. The molecule has 76 valence electrons. The van der Waals surface area contributed by atoms with Gasteiger partial charge in [-0.25, -0.2) is 0 Å². The Morgan fingerprint density at radius 2 is 1.93 bits per heavy atom. The number of hydrogen-bond acceptors (Lipinski definition) is 3. The molecule has 0 amide bonds. The molecule has 14 heavy (non-hydrogen) atoms. The maximum absolute atomic E-state index is 10.3. The highest BCUT2D eigenvalue weighted by Gasteiger charge is 2.05. The summed E-state index contributed by atoms with van der Waals surface area (Å²) in [5, 5.41) is 11.8. The fraction of sp³-hybridized carbons (Fsp3) is 0.125. The normalized spacial score (nSPS) is 9.93. The zero-order valence-electron chi connectivity index (χ0n) is 6.92. The molecule has 0 aromatic heterocycles. The smallest absolute Gasteiger partial charge is 0.322 e. The third-order valence-electron chi connectivity index (χ3n) is 1.46. The van der Waals surface area contributed by atoms with E-state index in [9.17, 15) is 4.79 Å². The molecule has 0 aliphatic rings. The van der Waals surface area contributed by atoms with Gasteiger partial charge in [0.05, 0.1) is 10.0 Å². The fourth-order valence-electron chi connectivity index (χ4n) is 0.845. The Morgan fingerprint density at radius 1 is 1.43 bits per heavy atom. The Labute approximate surface area is 96.4 Å². The maximum Gasteiger partial charge on any atom is 0.322 e. The molecule has 1 aromatic rings. The monoisotopic (exact) mass is 251 g/mol. The summed E-state index contributed by atoms with van der Waals surface area (Å²) in [4.78, 5) is 10.7. The van der Waals surface area contributed by atoms with Crippen molar-refractivity contribution < 1.29 is 9.90 Å². The van der Waals surface area contributed by atoms with Crippen LogP contribution in [0.3, 0.4) is 0 Å². The standard InChI is InChI=1S/C8H7Cl2NO2S/c9-5-1-4(11-3-7(12)13)2-6(10)8(5)14/h1-2,11,14H,3H2,(H,12,13). The molecule has 3 nitrogen and oxygen atoms in total. The molecule has 0 saturated carbocycles. The molecule has 0 radical (unpaired) electrons. The van der Waals surface area contributed by atoms with E-state index in [0.717, 1.165) is 0 Å². The summed E-state index contributed by atoms with van der Waals surface area (Å²) < 4.78 is 0. The highest BCUT2D eigenvalue weighted by atomic mass is 35.5. The van der Waals surface area contributed by atoms with Crippen molar-refractivity contribution in [3.63, 3.8) is 0 Å². The van der Waals surface area contributed by atoms with Crippen LogP contribution in [0.15, 0.2) is 17.0 Å². The Bertz CT molecular complexity index is 347. The third kappa shape index (κ3) is 2.97. The van der Waals surface area contributed by atoms with Crippen molar-refractivity contribution in [3.8, 4) is 0 Å². The van der Waals surface area contributed by atoms with Crippen molar-refractivity contribution in [3.05, 3.63) is 22.2 Å². The molecule has 0 spiro atoms. The lowest BCUT2D eigenvalue weighted by Crippen LogP contribution is -2.12. The van der Waals surface area contributed by atoms with Gasteiger partial charge in [-0.05, 0) is 12.1 Å². The van der Waals surface area contributed by atoms with E-state index in [4.69, 9.17) is 28.3 Å². The summed E-state index contributed by atoms with van der Waals surface area (Å²) >= 11 is 15.6. The summed E-state index contributed by atoms with van der Waals surface area (Å²) in [5.41, 5.74) is 0.556. The Balaban J connectivity index is 2.84. The van der Waals surface area contributed by atoms with E-state index in [-0.39, 0.29) is 6.54 Å². The van der Waals surface area contributed by atoms with E-state index in [2.05, 4.69) is 17.9 Å². The lowest BCUT2D eigenvalue weighted by atomic mass is 10.3. The van der Waals surface area contributed by atoms with Crippen LogP contribution in [-0.4, -0.2) is 17.6 Å². The van der Waals surface area contributed by atoms with Gasteiger partial charge in [-0.15, -0.1) is 12.6 Å². The van der Waals surface area contributed by atoms with Gasteiger partial charge < -0.3 is 10.4 Å². The van der Waals surface area contributed by atoms with Gasteiger partial charge in [0.1, 0.15) is 6.54 Å². The maximum atomic E-state index is 10.3. The molecule has 1 rings (SSSR count). The summed E-state index contributed by atoms with van der Waals surface area (Å²) in [6, 6.07) is 3.14. The van der Waals surface area contributed by atoms with E-state index in [1.807, 2.05) is 0 Å². The van der Waals surface area contributed by atoms with Crippen molar-refractivity contribution in [2.45, 2.75) is 4.90 Å². The number of anilines is 1. The second-order valence-electron chi connectivity index (χ2n) is 2.54. The summed E-state index contributed by atoms with van der Waals surface area (Å²) in [7, 11) is 0. The molecule has 0 aliphatic carbocycles. The minimum Gasteiger partial charge on any atom is -0.480 e. The van der Waals surface area contributed by atoms with Gasteiger partial charge >= 0.3 is 5.97 Å². The average Bonchev–Trinajstić information content (AvgIpc) is 2.10. The van der Waals surface area contributed by atoms with E-state index < -0.39 is 5.97 Å². The van der Waals surface area contributed by atoms with Crippen molar-refractivity contribution in [2.75, 3.05) is 11.9 Å². The molecule has 1 aromatic carbocycles. The minimum absolute atomic E-state index is 0.182. The number of halogens is 2. The van der Waals surface area contributed by atoms with E-state index in [1.165, 1.54) is 0 Å². The van der Waals surface area contributed by atoms with Crippen LogP contribution in [0.4, 0.5) is 5.69 Å².